The van der Waals surface area contributed by atoms with Gasteiger partial charge in [0.15, 0.2) is 9.84 Å². The van der Waals surface area contributed by atoms with Gasteiger partial charge in [0.25, 0.3) is 0 Å². The third-order valence-corrected chi connectivity index (χ3v) is 7.82. The van der Waals surface area contributed by atoms with Crippen molar-refractivity contribution in [1.82, 2.24) is 0 Å². The monoisotopic (exact) mass is 428 g/mol. The zero-order valence-corrected chi connectivity index (χ0v) is 16.8. The first kappa shape index (κ1) is 17.7. The van der Waals surface area contributed by atoms with Crippen LogP contribution >= 0.6 is 23.2 Å². The average molecular weight is 429 g/mol. The van der Waals surface area contributed by atoms with Crippen LogP contribution in [0.2, 0.25) is 10.0 Å². The maximum Gasteiger partial charge on any atom is 0.189 e. The Hall–Kier alpha value is -2.34. The van der Waals surface area contributed by atoms with E-state index in [0.29, 0.717) is 26.2 Å². The van der Waals surface area contributed by atoms with Gasteiger partial charge >= 0.3 is 0 Å². The quantitative estimate of drug-likeness (QED) is 0.569. The first-order valence-corrected chi connectivity index (χ1v) is 11.0. The number of fused-ring (bicyclic) bond motifs is 3. The van der Waals surface area contributed by atoms with Gasteiger partial charge < -0.3 is 0 Å². The molecule has 0 N–H and O–H groups in total. The van der Waals surface area contributed by atoms with E-state index in [1.807, 2.05) is 42.5 Å². The van der Waals surface area contributed by atoms with Crippen molar-refractivity contribution in [3.05, 3.63) is 94.0 Å². The highest BCUT2D eigenvalue weighted by Crippen LogP contribution is 2.49. The summed E-state index contributed by atoms with van der Waals surface area (Å²) in [5, 5.41) is 6.57. The topological polar surface area (TPSA) is 49.7 Å². The summed E-state index contributed by atoms with van der Waals surface area (Å²) in [6, 6.07) is 21.3. The normalized spacial score (nSPS) is 21.9. The predicted molar refractivity (Wildman–Crippen MR) is 112 cm³/mol. The molecule has 5 rings (SSSR count). The average Bonchev–Trinajstić information content (AvgIpc) is 3.19. The Balaban J connectivity index is 1.77. The Labute approximate surface area is 172 Å². The van der Waals surface area contributed by atoms with Gasteiger partial charge in [-0.05, 0) is 35.9 Å². The molecule has 0 amide bonds. The zero-order valence-electron chi connectivity index (χ0n) is 14.5. The summed E-state index contributed by atoms with van der Waals surface area (Å²) in [4.78, 5) is 0.350. The lowest BCUT2D eigenvalue weighted by Crippen LogP contribution is -2.30. The van der Waals surface area contributed by atoms with E-state index in [1.165, 1.54) is 0 Å². The molecule has 2 aliphatic heterocycles. The summed E-state index contributed by atoms with van der Waals surface area (Å²) in [5.74, 6) is 0. The smallest absolute Gasteiger partial charge is 0.189 e. The highest BCUT2D eigenvalue weighted by molar-refractivity contribution is 7.93. The van der Waals surface area contributed by atoms with Gasteiger partial charge in [0.1, 0.15) is 11.3 Å². The Bertz CT molecular complexity index is 1230. The van der Waals surface area contributed by atoms with Crippen LogP contribution in [0.25, 0.3) is 0 Å². The van der Waals surface area contributed by atoms with E-state index in [0.717, 1.165) is 11.3 Å². The lowest BCUT2D eigenvalue weighted by atomic mass is 9.98. The van der Waals surface area contributed by atoms with Gasteiger partial charge in [-0.25, -0.2) is 8.42 Å². The minimum absolute atomic E-state index is 0.350. The Kier molecular flexibility index (Phi) is 4.02. The Morgan fingerprint density at radius 1 is 0.893 bits per heavy atom. The zero-order chi connectivity index (χ0) is 19.5. The number of hydrazone groups is 1. The molecule has 3 aromatic carbocycles. The van der Waals surface area contributed by atoms with Gasteiger partial charge in [0, 0.05) is 10.6 Å². The van der Waals surface area contributed by atoms with E-state index in [4.69, 9.17) is 28.3 Å². The van der Waals surface area contributed by atoms with Crippen LogP contribution < -0.4 is 5.01 Å². The largest absolute Gasteiger partial charge is 0.256 e. The molecule has 0 saturated carbocycles. The standard InChI is InChI=1S/C21H14Cl2N2O2S/c22-13-10-11-15(17(23)12-13)19-21-20(25(24-19)14-6-2-1-3-7-14)16-8-4-5-9-18(16)28(21,26)27/h1-12,20-21H. The van der Waals surface area contributed by atoms with Crippen LogP contribution in [0, 0.1) is 0 Å². The number of anilines is 1. The molecule has 0 saturated heterocycles. The highest BCUT2D eigenvalue weighted by atomic mass is 35.5. The molecule has 0 bridgehead atoms. The van der Waals surface area contributed by atoms with Crippen molar-refractivity contribution in [3.63, 3.8) is 0 Å². The summed E-state index contributed by atoms with van der Waals surface area (Å²) in [7, 11) is -3.61. The van der Waals surface area contributed by atoms with Gasteiger partial charge in [-0.15, -0.1) is 0 Å². The van der Waals surface area contributed by atoms with E-state index >= 15 is 0 Å². The van der Waals surface area contributed by atoms with E-state index in [1.54, 1.807) is 35.3 Å². The second-order valence-corrected chi connectivity index (χ2v) is 9.62. The van der Waals surface area contributed by atoms with E-state index in [9.17, 15) is 8.42 Å². The number of halogens is 2. The predicted octanol–water partition coefficient (Wildman–Crippen LogP) is 5.11. The summed E-state index contributed by atoms with van der Waals surface area (Å²) >= 11 is 12.5. The molecule has 7 heteroatoms. The lowest BCUT2D eigenvalue weighted by Gasteiger charge is -2.23. The number of sulfone groups is 1. The molecular formula is C21H14Cl2N2O2S. The summed E-state index contributed by atoms with van der Waals surface area (Å²) < 4.78 is 26.9. The molecule has 0 aliphatic carbocycles. The Morgan fingerprint density at radius 3 is 2.36 bits per heavy atom. The molecule has 28 heavy (non-hydrogen) atoms. The van der Waals surface area contributed by atoms with Crippen LogP contribution in [0.4, 0.5) is 5.69 Å². The van der Waals surface area contributed by atoms with Gasteiger partial charge in [0.2, 0.25) is 0 Å². The molecule has 0 spiro atoms. The Morgan fingerprint density at radius 2 is 1.61 bits per heavy atom. The molecule has 2 aliphatic rings. The van der Waals surface area contributed by atoms with Crippen molar-refractivity contribution in [2.45, 2.75) is 16.2 Å². The fourth-order valence-electron chi connectivity index (χ4n) is 3.95. The third-order valence-electron chi connectivity index (χ3n) is 5.14. The number of benzene rings is 3. The number of hydrogen-bond donors (Lipinski definition) is 0. The van der Waals surface area contributed by atoms with Crippen molar-refractivity contribution in [2.75, 3.05) is 5.01 Å². The highest BCUT2D eigenvalue weighted by Gasteiger charge is 2.54. The van der Waals surface area contributed by atoms with Gasteiger partial charge in [-0.2, -0.15) is 5.10 Å². The van der Waals surface area contributed by atoms with Crippen LogP contribution in [-0.4, -0.2) is 19.4 Å². The fourth-order valence-corrected chi connectivity index (χ4v) is 6.58. The van der Waals surface area contributed by atoms with Crippen LogP contribution in [0.1, 0.15) is 17.2 Å². The maximum atomic E-state index is 13.4. The summed E-state index contributed by atoms with van der Waals surface area (Å²) in [6.45, 7) is 0. The van der Waals surface area contributed by atoms with Crippen molar-refractivity contribution in [2.24, 2.45) is 5.10 Å². The first-order chi connectivity index (χ1) is 13.5. The van der Waals surface area contributed by atoms with Crippen LogP contribution in [0.15, 0.2) is 82.8 Å². The molecule has 3 aromatic rings. The molecule has 140 valence electrons. The van der Waals surface area contributed by atoms with E-state index in [2.05, 4.69) is 0 Å². The van der Waals surface area contributed by atoms with Crippen LogP contribution in [0.3, 0.4) is 0 Å². The number of hydrogen-bond acceptors (Lipinski definition) is 4. The van der Waals surface area contributed by atoms with Crippen molar-refractivity contribution in [3.8, 4) is 0 Å². The van der Waals surface area contributed by atoms with Crippen LogP contribution in [-0.2, 0) is 9.84 Å². The van der Waals surface area contributed by atoms with E-state index < -0.39 is 21.1 Å². The fraction of sp³-hybridized carbons (Fsp3) is 0.0952. The first-order valence-electron chi connectivity index (χ1n) is 8.69. The second-order valence-electron chi connectivity index (χ2n) is 6.74. The minimum Gasteiger partial charge on any atom is -0.256 e. The summed E-state index contributed by atoms with van der Waals surface area (Å²) in [6.07, 6.45) is 0. The van der Waals surface area contributed by atoms with Crippen molar-refractivity contribution >= 4 is 44.4 Å². The van der Waals surface area contributed by atoms with Crippen molar-refractivity contribution < 1.29 is 8.42 Å². The maximum absolute atomic E-state index is 13.4. The van der Waals surface area contributed by atoms with Crippen molar-refractivity contribution in [1.29, 1.82) is 0 Å². The third kappa shape index (κ3) is 2.50. The molecule has 4 nitrogen and oxygen atoms in total. The van der Waals surface area contributed by atoms with Gasteiger partial charge in [-0.1, -0.05) is 65.7 Å². The second kappa shape index (κ2) is 6.34. The molecule has 2 unspecified atom stereocenters. The van der Waals surface area contributed by atoms with Gasteiger partial charge in [-0.3, -0.25) is 5.01 Å². The number of nitrogens with zero attached hydrogens (tertiary/aromatic N) is 2. The minimum atomic E-state index is -3.61. The molecule has 0 aromatic heterocycles. The number of para-hydroxylation sites is 1. The van der Waals surface area contributed by atoms with E-state index in [-0.39, 0.29) is 0 Å². The number of rotatable bonds is 2. The SMILES string of the molecule is O=S1(=O)c2ccccc2C2C1C(c1ccc(Cl)cc1Cl)=NN2c1ccccc1. The van der Waals surface area contributed by atoms with Crippen LogP contribution in [0.5, 0.6) is 0 Å². The molecule has 0 fully saturated rings. The molecule has 0 radical (unpaired) electrons. The molecule has 2 atom stereocenters. The molecular weight excluding hydrogens is 415 g/mol. The molecule has 2 heterocycles. The summed E-state index contributed by atoms with van der Waals surface area (Å²) in [5.41, 5.74) is 2.59. The van der Waals surface area contributed by atoms with Gasteiger partial charge in [0.05, 0.1) is 21.3 Å². The lowest BCUT2D eigenvalue weighted by molar-refractivity contribution is 0.591.